The van der Waals surface area contributed by atoms with Crippen molar-refractivity contribution in [3.8, 4) is 0 Å². The van der Waals surface area contributed by atoms with Crippen LogP contribution in [0.4, 0.5) is 11.4 Å². The molecule has 2 amide bonds. The maximum atomic E-state index is 11.8. The summed E-state index contributed by atoms with van der Waals surface area (Å²) in [6.07, 6.45) is 0.766. The lowest BCUT2D eigenvalue weighted by atomic mass is 9.97. The number of imide groups is 1. The van der Waals surface area contributed by atoms with E-state index in [2.05, 4.69) is 0 Å². The summed E-state index contributed by atoms with van der Waals surface area (Å²) in [5.41, 5.74) is 6.52. The quantitative estimate of drug-likeness (QED) is 0.616. The Morgan fingerprint density at radius 1 is 1.29 bits per heavy atom. The van der Waals surface area contributed by atoms with E-state index in [1.807, 2.05) is 6.92 Å². The summed E-state index contributed by atoms with van der Waals surface area (Å²) in [7, 11) is 0. The lowest BCUT2D eigenvalue weighted by Crippen LogP contribution is -2.42. The molecule has 1 aromatic rings. The fraction of sp³-hybridized carbons (Fsp3) is 0.333. The first kappa shape index (κ1) is 11.9. The fourth-order valence-electron chi connectivity index (χ4n) is 1.95. The van der Waals surface area contributed by atoms with E-state index < -0.39 is 0 Å². The smallest absolute Gasteiger partial charge is 0.234 e. The maximum Gasteiger partial charge on any atom is 0.234 e. The molecule has 1 heterocycles. The van der Waals surface area contributed by atoms with Gasteiger partial charge in [-0.25, -0.2) is 0 Å². The van der Waals surface area contributed by atoms with Crippen molar-refractivity contribution in [2.45, 2.75) is 19.8 Å². The van der Waals surface area contributed by atoms with Gasteiger partial charge in [0.1, 0.15) is 0 Å². The van der Waals surface area contributed by atoms with Crippen molar-refractivity contribution in [2.24, 2.45) is 5.92 Å². The average Bonchev–Trinajstić information content (AvgIpc) is 2.21. The van der Waals surface area contributed by atoms with Gasteiger partial charge >= 0.3 is 0 Å². The predicted octanol–water partition coefficient (Wildman–Crippen LogP) is 2.21. The second-order valence-electron chi connectivity index (χ2n) is 4.34. The first-order valence-corrected chi connectivity index (χ1v) is 5.77. The van der Waals surface area contributed by atoms with Crippen molar-refractivity contribution in [1.29, 1.82) is 0 Å². The second kappa shape index (κ2) is 4.37. The molecule has 0 saturated carbocycles. The number of nitrogens with two attached hydrogens (primary N) is 1. The number of hydrogen-bond donors (Lipinski definition) is 1. The standard InChI is InChI=1S/C12H13ClN2O2/c1-7-4-11(16)15(12(17)5-7)8-2-3-9(13)10(14)6-8/h2-3,6-7H,4-5,14H2,1H3. The molecule has 1 aliphatic heterocycles. The van der Waals surface area contributed by atoms with Crippen LogP contribution in [-0.4, -0.2) is 11.8 Å². The van der Waals surface area contributed by atoms with Gasteiger partial charge in [0, 0.05) is 12.8 Å². The Kier molecular flexibility index (Phi) is 3.07. The molecule has 17 heavy (non-hydrogen) atoms. The number of nitrogens with zero attached hydrogens (tertiary/aromatic N) is 1. The van der Waals surface area contributed by atoms with Crippen molar-refractivity contribution < 1.29 is 9.59 Å². The van der Waals surface area contributed by atoms with E-state index in [1.54, 1.807) is 18.2 Å². The molecule has 90 valence electrons. The van der Waals surface area contributed by atoms with Gasteiger partial charge in [-0.2, -0.15) is 0 Å². The Balaban J connectivity index is 2.35. The van der Waals surface area contributed by atoms with Crippen LogP contribution in [-0.2, 0) is 9.59 Å². The molecule has 1 fully saturated rings. The van der Waals surface area contributed by atoms with Crippen molar-refractivity contribution in [2.75, 3.05) is 10.6 Å². The molecular weight excluding hydrogens is 240 g/mol. The van der Waals surface area contributed by atoms with Crippen molar-refractivity contribution in [3.05, 3.63) is 23.2 Å². The highest BCUT2D eigenvalue weighted by atomic mass is 35.5. The zero-order valence-electron chi connectivity index (χ0n) is 9.44. The number of piperidine rings is 1. The second-order valence-corrected chi connectivity index (χ2v) is 4.75. The van der Waals surface area contributed by atoms with Crippen molar-refractivity contribution in [3.63, 3.8) is 0 Å². The summed E-state index contributed by atoms with van der Waals surface area (Å²) >= 11 is 5.80. The van der Waals surface area contributed by atoms with Crippen LogP contribution in [0.15, 0.2) is 18.2 Å². The van der Waals surface area contributed by atoms with E-state index in [0.717, 1.165) is 0 Å². The molecular formula is C12H13ClN2O2. The predicted molar refractivity (Wildman–Crippen MR) is 66.8 cm³/mol. The molecule has 2 rings (SSSR count). The SMILES string of the molecule is CC1CC(=O)N(c2ccc(Cl)c(N)c2)C(=O)C1. The minimum absolute atomic E-state index is 0.107. The van der Waals surface area contributed by atoms with Gasteiger partial charge in [0.05, 0.1) is 16.4 Å². The number of halogens is 1. The van der Waals surface area contributed by atoms with Gasteiger partial charge < -0.3 is 5.73 Å². The molecule has 0 aliphatic carbocycles. The average molecular weight is 253 g/mol. The Labute approximate surface area is 104 Å². The molecule has 0 bridgehead atoms. The van der Waals surface area contributed by atoms with E-state index in [-0.39, 0.29) is 17.7 Å². The minimum atomic E-state index is -0.185. The number of hydrogen-bond acceptors (Lipinski definition) is 3. The molecule has 4 nitrogen and oxygen atoms in total. The third-order valence-corrected chi connectivity index (χ3v) is 3.13. The number of benzene rings is 1. The largest absolute Gasteiger partial charge is 0.397 e. The first-order valence-electron chi connectivity index (χ1n) is 5.40. The zero-order chi connectivity index (χ0) is 12.6. The van der Waals surface area contributed by atoms with Gasteiger partial charge in [0.25, 0.3) is 0 Å². The summed E-state index contributed by atoms with van der Waals surface area (Å²) < 4.78 is 0. The van der Waals surface area contributed by atoms with Crippen LogP contribution in [0, 0.1) is 5.92 Å². The number of nitrogen functional groups attached to an aromatic ring is 1. The zero-order valence-corrected chi connectivity index (χ0v) is 10.2. The lowest BCUT2D eigenvalue weighted by Gasteiger charge is -2.28. The van der Waals surface area contributed by atoms with Crippen LogP contribution in [0.5, 0.6) is 0 Å². The van der Waals surface area contributed by atoms with Crippen LogP contribution in [0.25, 0.3) is 0 Å². The Morgan fingerprint density at radius 3 is 2.41 bits per heavy atom. The van der Waals surface area contributed by atoms with Gasteiger partial charge in [-0.15, -0.1) is 0 Å². The van der Waals surface area contributed by atoms with Gasteiger partial charge in [0.15, 0.2) is 0 Å². The number of amides is 2. The summed E-state index contributed by atoms with van der Waals surface area (Å²) in [5.74, 6) is -0.262. The first-order chi connectivity index (χ1) is 7.99. The van der Waals surface area contributed by atoms with E-state index >= 15 is 0 Å². The highest BCUT2D eigenvalue weighted by molar-refractivity contribution is 6.33. The molecule has 0 atom stereocenters. The van der Waals surface area contributed by atoms with Crippen LogP contribution < -0.4 is 10.6 Å². The summed E-state index contributed by atoms with van der Waals surface area (Å²) in [4.78, 5) is 24.9. The highest BCUT2D eigenvalue weighted by Gasteiger charge is 2.31. The Bertz CT molecular complexity index is 469. The molecule has 1 saturated heterocycles. The molecule has 2 N–H and O–H groups in total. The molecule has 0 unspecified atom stereocenters. The van der Waals surface area contributed by atoms with Crippen LogP contribution in [0.3, 0.4) is 0 Å². The minimum Gasteiger partial charge on any atom is -0.397 e. The van der Waals surface area contributed by atoms with E-state index in [9.17, 15) is 9.59 Å². The monoisotopic (exact) mass is 252 g/mol. The third-order valence-electron chi connectivity index (χ3n) is 2.78. The molecule has 0 aromatic heterocycles. The number of carbonyl (C=O) groups excluding carboxylic acids is 2. The fourth-order valence-corrected chi connectivity index (χ4v) is 2.07. The lowest BCUT2D eigenvalue weighted by molar-refractivity contribution is -0.130. The van der Waals surface area contributed by atoms with Crippen LogP contribution in [0.1, 0.15) is 19.8 Å². The van der Waals surface area contributed by atoms with Gasteiger partial charge in [-0.3, -0.25) is 14.5 Å². The number of carbonyl (C=O) groups is 2. The highest BCUT2D eigenvalue weighted by Crippen LogP contribution is 2.29. The van der Waals surface area contributed by atoms with Crippen molar-refractivity contribution >= 4 is 34.8 Å². The van der Waals surface area contributed by atoms with E-state index in [0.29, 0.717) is 29.2 Å². The third kappa shape index (κ3) is 2.26. The maximum absolute atomic E-state index is 11.8. The molecule has 1 aromatic carbocycles. The van der Waals surface area contributed by atoms with Gasteiger partial charge in [-0.05, 0) is 24.1 Å². The van der Waals surface area contributed by atoms with E-state index in [1.165, 1.54) is 4.90 Å². The topological polar surface area (TPSA) is 63.4 Å². The Hall–Kier alpha value is -1.55. The molecule has 1 aliphatic rings. The Morgan fingerprint density at radius 2 is 1.88 bits per heavy atom. The molecule has 5 heteroatoms. The van der Waals surface area contributed by atoms with Gasteiger partial charge in [0.2, 0.25) is 11.8 Å². The number of anilines is 2. The number of rotatable bonds is 1. The van der Waals surface area contributed by atoms with Crippen LogP contribution in [0.2, 0.25) is 5.02 Å². The summed E-state index contributed by atoms with van der Waals surface area (Å²) in [6.45, 7) is 1.89. The summed E-state index contributed by atoms with van der Waals surface area (Å²) in [6, 6.07) is 4.77. The molecule has 0 radical (unpaired) electrons. The normalized spacial score (nSPS) is 17.6. The van der Waals surface area contributed by atoms with E-state index in [4.69, 9.17) is 17.3 Å². The van der Waals surface area contributed by atoms with Crippen LogP contribution >= 0.6 is 11.6 Å². The van der Waals surface area contributed by atoms with Gasteiger partial charge in [-0.1, -0.05) is 18.5 Å². The van der Waals surface area contributed by atoms with Crippen molar-refractivity contribution in [1.82, 2.24) is 0 Å². The molecule has 0 spiro atoms. The summed E-state index contributed by atoms with van der Waals surface area (Å²) in [5, 5.41) is 0.416.